The summed E-state index contributed by atoms with van der Waals surface area (Å²) < 4.78 is 11.5. The summed E-state index contributed by atoms with van der Waals surface area (Å²) in [6.07, 6.45) is 4.93. The van der Waals surface area contributed by atoms with Gasteiger partial charge in [-0.3, -0.25) is 4.79 Å². The summed E-state index contributed by atoms with van der Waals surface area (Å²) in [6.45, 7) is 2.48. The van der Waals surface area contributed by atoms with Crippen LogP contribution in [0.3, 0.4) is 0 Å². The highest BCUT2D eigenvalue weighted by Crippen LogP contribution is 2.49. The van der Waals surface area contributed by atoms with Crippen LogP contribution in [0.1, 0.15) is 55.3 Å². The Hall–Kier alpha value is -2.93. The molecule has 196 valence electrons. The first-order chi connectivity index (χ1) is 18.0. The van der Waals surface area contributed by atoms with E-state index in [1.165, 1.54) is 19.1 Å². The SMILES string of the molecule is CCc1ccc2c(c1)[C@@H](NC[C@@H](O)[C@H](Cc1cccc3ccccc13)NC(=O)COC)CC1(CCC1)O2. The Labute approximate surface area is 219 Å². The molecule has 0 aromatic heterocycles. The molecule has 3 atom stereocenters. The number of aliphatic hydroxyl groups excluding tert-OH is 1. The van der Waals surface area contributed by atoms with Gasteiger partial charge in [0.2, 0.25) is 5.91 Å². The molecule has 1 saturated carbocycles. The van der Waals surface area contributed by atoms with Gasteiger partial charge in [0.1, 0.15) is 18.0 Å². The van der Waals surface area contributed by atoms with Gasteiger partial charge in [0.25, 0.3) is 0 Å². The summed E-state index contributed by atoms with van der Waals surface area (Å²) >= 11 is 0. The van der Waals surface area contributed by atoms with Crippen molar-refractivity contribution in [3.63, 3.8) is 0 Å². The topological polar surface area (TPSA) is 79.8 Å². The third-order valence-corrected chi connectivity index (χ3v) is 8.00. The lowest BCUT2D eigenvalue weighted by atomic mass is 9.72. The van der Waals surface area contributed by atoms with Crippen molar-refractivity contribution in [1.82, 2.24) is 10.6 Å². The highest BCUT2D eigenvalue weighted by Gasteiger charge is 2.45. The van der Waals surface area contributed by atoms with Crippen LogP contribution in [0.2, 0.25) is 0 Å². The number of benzene rings is 3. The van der Waals surface area contributed by atoms with Crippen molar-refractivity contribution in [2.75, 3.05) is 20.3 Å². The molecular formula is C31H38N2O4. The lowest BCUT2D eigenvalue weighted by Crippen LogP contribution is -2.52. The van der Waals surface area contributed by atoms with Gasteiger partial charge in [-0.1, -0.05) is 61.5 Å². The minimum Gasteiger partial charge on any atom is -0.487 e. The Morgan fingerprint density at radius 1 is 1.16 bits per heavy atom. The van der Waals surface area contributed by atoms with Crippen molar-refractivity contribution in [3.8, 4) is 5.75 Å². The standard InChI is InChI=1S/C31H38N2O4/c1-3-21-12-13-29-25(16-21)27(18-31(37-29)14-7-15-31)32-19-28(34)26(33-30(35)20-36-2)17-23-10-6-9-22-8-4-5-11-24(22)23/h4-6,8-13,16,26-28,32,34H,3,7,14-15,17-20H2,1-2H3,(H,33,35)/t26-,27-,28+/m0/s1. The second-order valence-electron chi connectivity index (χ2n) is 10.5. The maximum absolute atomic E-state index is 12.5. The number of ether oxygens (including phenoxy) is 2. The first-order valence-corrected chi connectivity index (χ1v) is 13.5. The molecule has 6 nitrogen and oxygen atoms in total. The Bertz CT molecular complexity index is 1230. The Kier molecular flexibility index (Phi) is 7.79. The summed E-state index contributed by atoms with van der Waals surface area (Å²) in [7, 11) is 1.50. The van der Waals surface area contributed by atoms with Crippen LogP contribution in [0.4, 0.5) is 0 Å². The van der Waals surface area contributed by atoms with E-state index in [1.807, 2.05) is 18.2 Å². The van der Waals surface area contributed by atoms with Gasteiger partial charge in [0.05, 0.1) is 12.1 Å². The lowest BCUT2D eigenvalue weighted by Gasteiger charge is -2.48. The Morgan fingerprint density at radius 2 is 1.97 bits per heavy atom. The zero-order chi connectivity index (χ0) is 25.8. The fraction of sp³-hybridized carbons (Fsp3) is 0.452. The number of aryl methyl sites for hydroxylation is 1. The highest BCUT2D eigenvalue weighted by molar-refractivity contribution is 5.85. The van der Waals surface area contributed by atoms with E-state index in [2.05, 4.69) is 60.0 Å². The molecule has 3 N–H and O–H groups in total. The van der Waals surface area contributed by atoms with Crippen LogP contribution in [0.15, 0.2) is 60.7 Å². The molecule has 1 amide bonds. The summed E-state index contributed by atoms with van der Waals surface area (Å²) in [5, 5.41) is 20.3. The van der Waals surface area contributed by atoms with Gasteiger partial charge in [0.15, 0.2) is 0 Å². The Morgan fingerprint density at radius 3 is 2.73 bits per heavy atom. The minimum atomic E-state index is -0.780. The molecule has 0 unspecified atom stereocenters. The van der Waals surface area contributed by atoms with E-state index >= 15 is 0 Å². The Balaban J connectivity index is 1.35. The number of fused-ring (bicyclic) bond motifs is 2. The molecule has 1 aliphatic heterocycles. The highest BCUT2D eigenvalue weighted by atomic mass is 16.5. The number of hydrogen-bond donors (Lipinski definition) is 3. The van der Waals surface area contributed by atoms with E-state index in [0.717, 1.165) is 53.3 Å². The second-order valence-corrected chi connectivity index (χ2v) is 10.5. The summed E-state index contributed by atoms with van der Waals surface area (Å²) in [5.74, 6) is 0.722. The molecule has 37 heavy (non-hydrogen) atoms. The predicted molar refractivity (Wildman–Crippen MR) is 146 cm³/mol. The molecule has 0 saturated heterocycles. The van der Waals surface area contributed by atoms with E-state index in [4.69, 9.17) is 9.47 Å². The fourth-order valence-corrected chi connectivity index (χ4v) is 5.77. The molecule has 0 bridgehead atoms. The van der Waals surface area contributed by atoms with Gasteiger partial charge in [-0.15, -0.1) is 0 Å². The summed E-state index contributed by atoms with van der Waals surface area (Å²) in [5.41, 5.74) is 3.44. The van der Waals surface area contributed by atoms with Crippen molar-refractivity contribution < 1.29 is 19.4 Å². The molecule has 1 heterocycles. The minimum absolute atomic E-state index is 0.0398. The van der Waals surface area contributed by atoms with E-state index in [9.17, 15) is 9.90 Å². The third-order valence-electron chi connectivity index (χ3n) is 8.00. The van der Waals surface area contributed by atoms with Crippen LogP contribution in [-0.4, -0.2) is 49.0 Å². The van der Waals surface area contributed by atoms with Gasteiger partial charge in [0, 0.05) is 31.7 Å². The van der Waals surface area contributed by atoms with Crippen molar-refractivity contribution >= 4 is 16.7 Å². The maximum atomic E-state index is 12.5. The monoisotopic (exact) mass is 502 g/mol. The van der Waals surface area contributed by atoms with Gasteiger partial charge in [-0.25, -0.2) is 0 Å². The second kappa shape index (κ2) is 11.2. The smallest absolute Gasteiger partial charge is 0.246 e. The van der Waals surface area contributed by atoms with Crippen LogP contribution in [0, 0.1) is 0 Å². The van der Waals surface area contributed by atoms with Crippen molar-refractivity contribution in [2.45, 2.75) is 69.2 Å². The average Bonchev–Trinajstić information content (AvgIpc) is 2.90. The molecule has 1 fully saturated rings. The van der Waals surface area contributed by atoms with Gasteiger partial charge in [-0.05, 0) is 60.1 Å². The molecule has 6 heteroatoms. The number of aliphatic hydroxyl groups is 1. The maximum Gasteiger partial charge on any atom is 0.246 e. The normalized spacial score (nSPS) is 19.5. The fourth-order valence-electron chi connectivity index (χ4n) is 5.77. The predicted octanol–water partition coefficient (Wildman–Crippen LogP) is 4.47. The van der Waals surface area contributed by atoms with Crippen molar-refractivity contribution in [3.05, 3.63) is 77.4 Å². The van der Waals surface area contributed by atoms with E-state index in [1.54, 1.807) is 0 Å². The zero-order valence-electron chi connectivity index (χ0n) is 21.8. The van der Waals surface area contributed by atoms with Gasteiger partial charge in [-0.2, -0.15) is 0 Å². The zero-order valence-corrected chi connectivity index (χ0v) is 21.8. The molecule has 0 radical (unpaired) electrons. The number of carbonyl (C=O) groups excluding carboxylic acids is 1. The van der Waals surface area contributed by atoms with Gasteiger partial charge >= 0.3 is 0 Å². The number of carbonyl (C=O) groups is 1. The van der Waals surface area contributed by atoms with Crippen LogP contribution in [0.25, 0.3) is 10.8 Å². The average molecular weight is 503 g/mol. The lowest BCUT2D eigenvalue weighted by molar-refractivity contribution is -0.126. The number of methoxy groups -OCH3 is 1. The van der Waals surface area contributed by atoms with Crippen LogP contribution in [-0.2, 0) is 22.4 Å². The van der Waals surface area contributed by atoms with Crippen molar-refractivity contribution in [1.29, 1.82) is 0 Å². The van der Waals surface area contributed by atoms with Crippen molar-refractivity contribution in [2.24, 2.45) is 0 Å². The first kappa shape index (κ1) is 25.7. The summed E-state index contributed by atoms with van der Waals surface area (Å²) in [4.78, 5) is 12.5. The molecule has 5 rings (SSSR count). The number of rotatable bonds is 10. The van der Waals surface area contributed by atoms with Crippen LogP contribution in [0.5, 0.6) is 5.75 Å². The molecule has 2 aliphatic rings. The van der Waals surface area contributed by atoms with E-state index in [0.29, 0.717) is 13.0 Å². The van der Waals surface area contributed by atoms with E-state index < -0.39 is 12.1 Å². The van der Waals surface area contributed by atoms with Crippen LogP contribution < -0.4 is 15.4 Å². The molecule has 3 aromatic carbocycles. The van der Waals surface area contributed by atoms with Gasteiger partial charge < -0.3 is 25.2 Å². The molecule has 1 spiro atoms. The first-order valence-electron chi connectivity index (χ1n) is 13.5. The third kappa shape index (κ3) is 5.66. The number of hydrogen-bond acceptors (Lipinski definition) is 5. The quantitative estimate of drug-likeness (QED) is 0.381. The number of amides is 1. The van der Waals surface area contributed by atoms with E-state index in [-0.39, 0.29) is 24.2 Å². The molecule has 1 aliphatic carbocycles. The van der Waals surface area contributed by atoms with Crippen LogP contribution >= 0.6 is 0 Å². The molecular weight excluding hydrogens is 464 g/mol. The largest absolute Gasteiger partial charge is 0.487 e. The molecule has 3 aromatic rings. The summed E-state index contributed by atoms with van der Waals surface area (Å²) in [6, 6.07) is 20.5. The number of nitrogens with one attached hydrogen (secondary N) is 2.